The van der Waals surface area contributed by atoms with Gasteiger partial charge in [-0.1, -0.05) is 18.2 Å². The van der Waals surface area contributed by atoms with E-state index >= 15 is 0 Å². The van der Waals surface area contributed by atoms with Crippen LogP contribution in [0.4, 0.5) is 0 Å². The van der Waals surface area contributed by atoms with Crippen LogP contribution in [0, 0.1) is 0 Å². The molecule has 3 heterocycles. The number of carbonyl (C=O) groups excluding carboxylic acids is 1. The third kappa shape index (κ3) is 3.54. The van der Waals surface area contributed by atoms with Gasteiger partial charge >= 0.3 is 0 Å². The molecule has 29 heavy (non-hydrogen) atoms. The Labute approximate surface area is 167 Å². The van der Waals surface area contributed by atoms with E-state index in [2.05, 4.69) is 15.1 Å². The second-order valence-corrected chi connectivity index (χ2v) is 6.98. The fourth-order valence-corrected chi connectivity index (χ4v) is 3.56. The van der Waals surface area contributed by atoms with E-state index in [1.54, 1.807) is 17.1 Å². The number of carbonyl (C=O) groups is 1. The highest BCUT2D eigenvalue weighted by atomic mass is 16.5. The number of amides is 1. The van der Waals surface area contributed by atoms with Crippen molar-refractivity contribution in [2.45, 2.75) is 12.5 Å². The van der Waals surface area contributed by atoms with Gasteiger partial charge in [0.2, 0.25) is 5.88 Å². The summed E-state index contributed by atoms with van der Waals surface area (Å²) >= 11 is 0. The summed E-state index contributed by atoms with van der Waals surface area (Å²) in [7, 11) is 0. The largest absolute Gasteiger partial charge is 0.471 e. The smallest absolute Gasteiger partial charge is 0.254 e. The van der Waals surface area contributed by atoms with Gasteiger partial charge in [-0.05, 0) is 36.4 Å². The maximum atomic E-state index is 13.0. The molecule has 0 saturated carbocycles. The summed E-state index contributed by atoms with van der Waals surface area (Å²) in [5, 5.41) is 4.22. The van der Waals surface area contributed by atoms with E-state index in [1.807, 2.05) is 65.7 Å². The topological polar surface area (TPSA) is 73.1 Å². The van der Waals surface area contributed by atoms with Crippen LogP contribution in [-0.4, -0.2) is 49.7 Å². The quantitative estimate of drug-likeness (QED) is 0.540. The lowest BCUT2D eigenvalue weighted by Gasteiger charge is -2.17. The molecule has 1 aliphatic rings. The van der Waals surface area contributed by atoms with Crippen LogP contribution in [0.15, 0.2) is 73.2 Å². The van der Waals surface area contributed by atoms with Crippen molar-refractivity contribution in [3.05, 3.63) is 78.8 Å². The first-order valence-corrected chi connectivity index (χ1v) is 9.54. The van der Waals surface area contributed by atoms with Crippen molar-refractivity contribution >= 4 is 16.9 Å². The second kappa shape index (κ2) is 7.35. The molecular formula is C22H19N5O2. The third-order valence-corrected chi connectivity index (χ3v) is 5.01. The minimum atomic E-state index is -0.0938. The second-order valence-electron chi connectivity index (χ2n) is 6.98. The van der Waals surface area contributed by atoms with Gasteiger partial charge < -0.3 is 9.64 Å². The molecular weight excluding hydrogens is 366 g/mol. The van der Waals surface area contributed by atoms with E-state index in [9.17, 15) is 4.79 Å². The van der Waals surface area contributed by atoms with Gasteiger partial charge in [0, 0.05) is 30.9 Å². The highest BCUT2D eigenvalue weighted by molar-refractivity contribution is 5.95. The van der Waals surface area contributed by atoms with Gasteiger partial charge in [0.05, 0.1) is 29.5 Å². The van der Waals surface area contributed by atoms with Gasteiger partial charge in [-0.3, -0.25) is 4.79 Å². The molecule has 1 aliphatic heterocycles. The Kier molecular flexibility index (Phi) is 4.40. The summed E-state index contributed by atoms with van der Waals surface area (Å²) in [5.41, 5.74) is 3.13. The van der Waals surface area contributed by atoms with Gasteiger partial charge in [0.15, 0.2) is 0 Å². The molecule has 5 rings (SSSR count). The lowest BCUT2D eigenvalue weighted by molar-refractivity contribution is 0.0771. The molecule has 0 aliphatic carbocycles. The van der Waals surface area contributed by atoms with Crippen LogP contribution in [0.5, 0.6) is 5.88 Å². The standard InChI is InChI=1S/C22H19N5O2/c28-22(16-5-3-6-17(13-16)27-11-4-10-24-27)26-12-9-18(15-26)29-21-14-23-19-7-1-2-8-20(19)25-21/h1-8,10-11,13-14,18H,9,12,15H2. The predicted molar refractivity (Wildman–Crippen MR) is 108 cm³/mol. The van der Waals surface area contributed by atoms with Crippen LogP contribution in [0.25, 0.3) is 16.7 Å². The maximum Gasteiger partial charge on any atom is 0.254 e. The van der Waals surface area contributed by atoms with Crippen LogP contribution in [0.2, 0.25) is 0 Å². The van der Waals surface area contributed by atoms with Crippen LogP contribution in [0.1, 0.15) is 16.8 Å². The molecule has 7 heteroatoms. The number of para-hydroxylation sites is 2. The van der Waals surface area contributed by atoms with Crippen molar-refractivity contribution in [2.75, 3.05) is 13.1 Å². The van der Waals surface area contributed by atoms with Crippen molar-refractivity contribution < 1.29 is 9.53 Å². The number of fused-ring (bicyclic) bond motifs is 1. The van der Waals surface area contributed by atoms with E-state index in [0.29, 0.717) is 24.5 Å². The molecule has 1 fully saturated rings. The highest BCUT2D eigenvalue weighted by Gasteiger charge is 2.28. The molecule has 1 unspecified atom stereocenters. The predicted octanol–water partition coefficient (Wildman–Crippen LogP) is 3.11. The number of likely N-dealkylation sites (tertiary alicyclic amines) is 1. The van der Waals surface area contributed by atoms with Gasteiger partial charge in [0.25, 0.3) is 5.91 Å². The molecule has 0 spiro atoms. The molecule has 2 aromatic heterocycles. The molecule has 144 valence electrons. The van der Waals surface area contributed by atoms with Gasteiger partial charge in [-0.15, -0.1) is 0 Å². The molecule has 0 N–H and O–H groups in total. The highest BCUT2D eigenvalue weighted by Crippen LogP contribution is 2.21. The van der Waals surface area contributed by atoms with Crippen molar-refractivity contribution in [3.8, 4) is 11.6 Å². The summed E-state index contributed by atoms with van der Waals surface area (Å²) in [6, 6.07) is 17.0. The van der Waals surface area contributed by atoms with Crippen LogP contribution in [0.3, 0.4) is 0 Å². The molecule has 0 bridgehead atoms. The number of aromatic nitrogens is 4. The van der Waals surface area contributed by atoms with Crippen molar-refractivity contribution in [2.24, 2.45) is 0 Å². The first kappa shape index (κ1) is 17.4. The Morgan fingerprint density at radius 2 is 1.97 bits per heavy atom. The van der Waals surface area contributed by atoms with E-state index in [1.165, 1.54) is 0 Å². The van der Waals surface area contributed by atoms with E-state index in [0.717, 1.165) is 23.1 Å². The molecule has 4 aromatic rings. The Hall–Kier alpha value is -3.74. The fraction of sp³-hybridized carbons (Fsp3) is 0.182. The lowest BCUT2D eigenvalue weighted by atomic mass is 10.2. The fourth-order valence-electron chi connectivity index (χ4n) is 3.56. The number of ether oxygens (including phenoxy) is 1. The number of hydrogen-bond donors (Lipinski definition) is 0. The van der Waals surface area contributed by atoms with Gasteiger partial charge in [0.1, 0.15) is 6.10 Å². The average molecular weight is 385 g/mol. The van der Waals surface area contributed by atoms with Crippen molar-refractivity contribution in [1.29, 1.82) is 0 Å². The lowest BCUT2D eigenvalue weighted by Crippen LogP contribution is -2.31. The maximum absolute atomic E-state index is 13.0. The SMILES string of the molecule is O=C(c1cccc(-n2cccn2)c1)N1CCC(Oc2cnc3ccccc3n2)C1. The molecule has 1 amide bonds. The van der Waals surface area contributed by atoms with Crippen molar-refractivity contribution in [1.82, 2.24) is 24.6 Å². The number of rotatable bonds is 4. The van der Waals surface area contributed by atoms with Gasteiger partial charge in [-0.25, -0.2) is 14.6 Å². The van der Waals surface area contributed by atoms with Crippen molar-refractivity contribution in [3.63, 3.8) is 0 Å². The Bertz CT molecular complexity index is 1160. The Morgan fingerprint density at radius 1 is 1.07 bits per heavy atom. The Morgan fingerprint density at radius 3 is 2.83 bits per heavy atom. The minimum Gasteiger partial charge on any atom is -0.471 e. The minimum absolute atomic E-state index is 0.00491. The summed E-state index contributed by atoms with van der Waals surface area (Å²) in [4.78, 5) is 23.7. The number of hydrogen-bond acceptors (Lipinski definition) is 5. The molecule has 7 nitrogen and oxygen atoms in total. The first-order chi connectivity index (χ1) is 14.3. The van der Waals surface area contributed by atoms with E-state index in [-0.39, 0.29) is 12.0 Å². The summed E-state index contributed by atoms with van der Waals surface area (Å²) in [5.74, 6) is 0.485. The zero-order valence-corrected chi connectivity index (χ0v) is 15.7. The summed E-state index contributed by atoms with van der Waals surface area (Å²) < 4.78 is 7.74. The molecule has 0 radical (unpaired) electrons. The zero-order chi connectivity index (χ0) is 19.6. The molecule has 1 atom stereocenters. The number of benzene rings is 2. The third-order valence-electron chi connectivity index (χ3n) is 5.01. The summed E-state index contributed by atoms with van der Waals surface area (Å²) in [6.07, 6.45) is 5.88. The first-order valence-electron chi connectivity index (χ1n) is 9.54. The number of nitrogens with zero attached hydrogens (tertiary/aromatic N) is 5. The van der Waals surface area contributed by atoms with Crippen LogP contribution < -0.4 is 4.74 Å². The average Bonchev–Trinajstić information content (AvgIpc) is 3.46. The summed E-state index contributed by atoms with van der Waals surface area (Å²) in [6.45, 7) is 1.18. The zero-order valence-electron chi connectivity index (χ0n) is 15.7. The monoisotopic (exact) mass is 385 g/mol. The van der Waals surface area contributed by atoms with Gasteiger partial charge in [-0.2, -0.15) is 5.10 Å². The van der Waals surface area contributed by atoms with E-state index < -0.39 is 0 Å². The van der Waals surface area contributed by atoms with Crippen LogP contribution >= 0.6 is 0 Å². The van der Waals surface area contributed by atoms with E-state index in [4.69, 9.17) is 4.74 Å². The normalized spacial score (nSPS) is 16.3. The van der Waals surface area contributed by atoms with Crippen LogP contribution in [-0.2, 0) is 0 Å². The Balaban J connectivity index is 1.27. The molecule has 1 saturated heterocycles. The molecule has 2 aromatic carbocycles.